The average Bonchev–Trinajstić information content (AvgIpc) is 3.33. The minimum absolute atomic E-state index is 0.245. The maximum absolute atomic E-state index is 12.9. The van der Waals surface area contributed by atoms with Crippen molar-refractivity contribution >= 4 is 45.2 Å². The Morgan fingerprint density at radius 1 is 1.19 bits per heavy atom. The Kier molecular flexibility index (Phi) is 6.16. The van der Waals surface area contributed by atoms with Crippen molar-refractivity contribution in [1.82, 2.24) is 4.98 Å². The Hall–Kier alpha value is -3.42. The lowest BCUT2D eigenvalue weighted by Gasteiger charge is -2.19. The van der Waals surface area contributed by atoms with Crippen molar-refractivity contribution < 1.29 is 9.53 Å². The molecule has 0 spiro atoms. The normalized spacial score (nSPS) is 10.9. The number of thiophene rings is 1. The lowest BCUT2D eigenvalue weighted by atomic mass is 10.1. The van der Waals surface area contributed by atoms with Gasteiger partial charge in [-0.25, -0.2) is 0 Å². The van der Waals surface area contributed by atoms with E-state index in [0.29, 0.717) is 23.5 Å². The van der Waals surface area contributed by atoms with E-state index in [1.165, 1.54) is 0 Å². The van der Waals surface area contributed by atoms with Gasteiger partial charge in [0.2, 0.25) is 0 Å². The Labute approximate surface area is 185 Å². The van der Waals surface area contributed by atoms with Gasteiger partial charge < -0.3 is 20.7 Å². The summed E-state index contributed by atoms with van der Waals surface area (Å²) in [6.45, 7) is 1.44. The number of carbonyl (C=O) groups is 1. The highest BCUT2D eigenvalue weighted by atomic mass is 32.1. The monoisotopic (exact) mass is 432 g/mol. The molecule has 0 atom stereocenters. The molecular formula is C24H24N4O2S. The fraction of sp³-hybridized carbons (Fsp3) is 0.167. The molecule has 0 bridgehead atoms. The minimum Gasteiger partial charge on any atom is -0.397 e. The Morgan fingerprint density at radius 2 is 2.06 bits per heavy atom. The third kappa shape index (κ3) is 4.68. The van der Waals surface area contributed by atoms with E-state index in [9.17, 15) is 4.79 Å². The Balaban J connectivity index is 1.55. The van der Waals surface area contributed by atoms with Crippen molar-refractivity contribution in [3.63, 3.8) is 0 Å². The highest BCUT2D eigenvalue weighted by molar-refractivity contribution is 7.13. The molecule has 3 N–H and O–H groups in total. The maximum atomic E-state index is 12.9. The molecule has 2 heterocycles. The number of amides is 1. The van der Waals surface area contributed by atoms with Crippen molar-refractivity contribution in [3.8, 4) is 10.4 Å². The van der Waals surface area contributed by atoms with Crippen LogP contribution in [0.1, 0.15) is 10.4 Å². The van der Waals surface area contributed by atoms with Crippen LogP contribution in [0.4, 0.5) is 17.1 Å². The minimum atomic E-state index is -0.245. The van der Waals surface area contributed by atoms with E-state index in [1.54, 1.807) is 24.6 Å². The van der Waals surface area contributed by atoms with E-state index >= 15 is 0 Å². The lowest BCUT2D eigenvalue weighted by molar-refractivity contribution is 0.102. The van der Waals surface area contributed by atoms with Crippen LogP contribution in [0.25, 0.3) is 21.3 Å². The van der Waals surface area contributed by atoms with Gasteiger partial charge in [-0.05, 0) is 47.3 Å². The number of methoxy groups -OCH3 is 1. The van der Waals surface area contributed by atoms with Crippen molar-refractivity contribution in [2.75, 3.05) is 43.3 Å². The third-order valence-corrected chi connectivity index (χ3v) is 6.03. The van der Waals surface area contributed by atoms with Crippen LogP contribution in [0.3, 0.4) is 0 Å². The van der Waals surface area contributed by atoms with Crippen molar-refractivity contribution in [1.29, 1.82) is 0 Å². The van der Waals surface area contributed by atoms with Gasteiger partial charge >= 0.3 is 0 Å². The Morgan fingerprint density at radius 3 is 2.84 bits per heavy atom. The zero-order valence-electron chi connectivity index (χ0n) is 17.5. The zero-order valence-corrected chi connectivity index (χ0v) is 18.3. The highest BCUT2D eigenvalue weighted by Gasteiger charge is 2.12. The molecule has 0 aliphatic heterocycles. The van der Waals surface area contributed by atoms with Gasteiger partial charge in [0, 0.05) is 42.8 Å². The molecule has 0 radical (unpaired) electrons. The van der Waals surface area contributed by atoms with Crippen LogP contribution >= 0.6 is 11.3 Å². The summed E-state index contributed by atoms with van der Waals surface area (Å²) in [5.41, 5.74) is 10.6. The number of rotatable bonds is 7. The lowest BCUT2D eigenvalue weighted by Crippen LogP contribution is -2.21. The molecule has 0 fully saturated rings. The quantitative estimate of drug-likeness (QED) is 0.407. The average molecular weight is 433 g/mol. The van der Waals surface area contributed by atoms with Crippen LogP contribution < -0.4 is 16.0 Å². The first-order valence-corrected chi connectivity index (χ1v) is 10.8. The summed E-state index contributed by atoms with van der Waals surface area (Å²) in [5.74, 6) is -0.245. The first-order chi connectivity index (χ1) is 15.0. The topological polar surface area (TPSA) is 80.5 Å². The van der Waals surface area contributed by atoms with E-state index in [0.717, 1.165) is 33.6 Å². The predicted octanol–water partition coefficient (Wildman–Crippen LogP) is 4.88. The maximum Gasteiger partial charge on any atom is 0.257 e. The molecular weight excluding hydrogens is 408 g/mol. The summed E-state index contributed by atoms with van der Waals surface area (Å²) in [7, 11) is 3.70. The molecule has 0 saturated carbocycles. The van der Waals surface area contributed by atoms with Crippen LogP contribution in [0.5, 0.6) is 0 Å². The second-order valence-corrected chi connectivity index (χ2v) is 8.20. The summed E-state index contributed by atoms with van der Waals surface area (Å²) >= 11 is 1.64. The van der Waals surface area contributed by atoms with Gasteiger partial charge in [-0.1, -0.05) is 18.2 Å². The number of hydrogen-bond donors (Lipinski definition) is 2. The number of benzene rings is 2. The smallest absolute Gasteiger partial charge is 0.257 e. The number of nitrogens with one attached hydrogen (secondary N) is 1. The van der Waals surface area contributed by atoms with Crippen molar-refractivity contribution in [2.24, 2.45) is 0 Å². The molecule has 0 unspecified atom stereocenters. The van der Waals surface area contributed by atoms with Gasteiger partial charge in [0.05, 0.1) is 29.1 Å². The number of anilines is 3. The summed E-state index contributed by atoms with van der Waals surface area (Å²) in [6.07, 6.45) is 1.59. The first kappa shape index (κ1) is 20.8. The number of pyridine rings is 1. The second-order valence-electron chi connectivity index (χ2n) is 7.25. The predicted molar refractivity (Wildman–Crippen MR) is 129 cm³/mol. The van der Waals surface area contributed by atoms with Gasteiger partial charge in [-0.3, -0.25) is 9.78 Å². The number of ether oxygens (including phenoxy) is 1. The fourth-order valence-electron chi connectivity index (χ4n) is 3.28. The zero-order chi connectivity index (χ0) is 21.8. The van der Waals surface area contributed by atoms with Crippen LogP contribution in [0.15, 0.2) is 66.2 Å². The molecule has 2 aromatic heterocycles. The van der Waals surface area contributed by atoms with E-state index in [4.69, 9.17) is 10.5 Å². The SMILES string of the molecule is COCCN(C)c1ccc2cc(C(=O)Nc3cc(-c4cccs4)ccc3N)cnc2c1. The fourth-order valence-corrected chi connectivity index (χ4v) is 4.01. The standard InChI is InChI=1S/C24H24N4O2S/c1-28(9-10-30-2)19-7-5-16-12-18(15-26-21(16)14-19)24(29)27-22-13-17(6-8-20(22)25)23-4-3-11-31-23/h3-8,11-15H,9-10,25H2,1-2H3,(H,27,29). The van der Waals surface area contributed by atoms with Gasteiger partial charge in [0.25, 0.3) is 5.91 Å². The largest absolute Gasteiger partial charge is 0.397 e. The molecule has 4 rings (SSSR count). The van der Waals surface area contributed by atoms with E-state index in [1.807, 2.05) is 67.0 Å². The number of likely N-dealkylation sites (N-methyl/N-ethyl adjacent to an activating group) is 1. The molecule has 0 aliphatic carbocycles. The molecule has 7 heteroatoms. The molecule has 158 valence electrons. The Bertz CT molecular complexity index is 1210. The summed E-state index contributed by atoms with van der Waals surface area (Å²) < 4.78 is 5.14. The van der Waals surface area contributed by atoms with Gasteiger partial charge in [0.15, 0.2) is 0 Å². The molecule has 0 saturated heterocycles. The number of nitrogens with zero attached hydrogens (tertiary/aromatic N) is 2. The molecule has 6 nitrogen and oxygen atoms in total. The molecule has 2 aromatic carbocycles. The van der Waals surface area contributed by atoms with Crippen LogP contribution in [-0.4, -0.2) is 38.2 Å². The molecule has 31 heavy (non-hydrogen) atoms. The van der Waals surface area contributed by atoms with Crippen molar-refractivity contribution in [2.45, 2.75) is 0 Å². The van der Waals surface area contributed by atoms with E-state index < -0.39 is 0 Å². The van der Waals surface area contributed by atoms with E-state index in [2.05, 4.69) is 15.2 Å². The van der Waals surface area contributed by atoms with Gasteiger partial charge in [-0.15, -0.1) is 11.3 Å². The number of aromatic nitrogens is 1. The number of carbonyl (C=O) groups excluding carboxylic acids is 1. The number of fused-ring (bicyclic) bond motifs is 1. The molecule has 0 aliphatic rings. The number of nitrogen functional groups attached to an aromatic ring is 1. The van der Waals surface area contributed by atoms with Crippen LogP contribution in [0, 0.1) is 0 Å². The summed E-state index contributed by atoms with van der Waals surface area (Å²) in [6, 6.07) is 17.5. The molecule has 1 amide bonds. The van der Waals surface area contributed by atoms with E-state index in [-0.39, 0.29) is 5.91 Å². The summed E-state index contributed by atoms with van der Waals surface area (Å²) in [4.78, 5) is 20.6. The molecule has 4 aromatic rings. The number of hydrogen-bond acceptors (Lipinski definition) is 6. The van der Waals surface area contributed by atoms with Crippen LogP contribution in [0.2, 0.25) is 0 Å². The number of nitrogens with two attached hydrogens (primary N) is 1. The summed E-state index contributed by atoms with van der Waals surface area (Å²) in [5, 5.41) is 5.84. The highest BCUT2D eigenvalue weighted by Crippen LogP contribution is 2.30. The van der Waals surface area contributed by atoms with Gasteiger partial charge in [-0.2, -0.15) is 0 Å². The first-order valence-electron chi connectivity index (χ1n) is 9.90. The van der Waals surface area contributed by atoms with Crippen molar-refractivity contribution in [3.05, 3.63) is 71.7 Å². The second kappa shape index (κ2) is 9.16. The third-order valence-electron chi connectivity index (χ3n) is 5.11. The van der Waals surface area contributed by atoms with Gasteiger partial charge in [0.1, 0.15) is 0 Å². The van der Waals surface area contributed by atoms with Crippen LogP contribution in [-0.2, 0) is 4.74 Å².